The molecular weight excluding hydrogens is 236 g/mol. The Balaban J connectivity index is 2.10. The number of carbonyl (C=O) groups excluding carboxylic acids is 1. The number of ether oxygens (including phenoxy) is 1. The van der Waals surface area contributed by atoms with Gasteiger partial charge in [-0.25, -0.2) is 0 Å². The number of unbranched alkanes of at least 4 members (excludes halogenated alkanes) is 5. The fourth-order valence-corrected chi connectivity index (χ4v) is 2.11. The van der Waals surface area contributed by atoms with Crippen LogP contribution in [0.15, 0.2) is 24.3 Å². The van der Waals surface area contributed by atoms with Crippen molar-refractivity contribution < 1.29 is 9.53 Å². The average molecular weight is 262 g/mol. The molecule has 0 aliphatic carbocycles. The molecule has 0 amide bonds. The largest absolute Gasteiger partial charge is 0.373 e. The number of aryl methyl sites for hydroxylation is 1. The Morgan fingerprint density at radius 2 is 1.74 bits per heavy atom. The van der Waals surface area contributed by atoms with E-state index in [4.69, 9.17) is 4.74 Å². The fraction of sp³-hybridized carbons (Fsp3) is 0.588. The van der Waals surface area contributed by atoms with Gasteiger partial charge in [-0.3, -0.25) is 4.79 Å². The maximum absolute atomic E-state index is 11.9. The SMILES string of the molecule is CCCCCCCCOCC(=O)c1ccccc1C. The van der Waals surface area contributed by atoms with Gasteiger partial charge in [0.25, 0.3) is 0 Å². The summed E-state index contributed by atoms with van der Waals surface area (Å²) in [6, 6.07) is 7.67. The normalized spacial score (nSPS) is 10.6. The summed E-state index contributed by atoms with van der Waals surface area (Å²) in [6.07, 6.45) is 7.47. The van der Waals surface area contributed by atoms with Crippen LogP contribution < -0.4 is 0 Å². The Bertz CT molecular complexity index is 371. The Morgan fingerprint density at radius 3 is 2.47 bits per heavy atom. The highest BCUT2D eigenvalue weighted by Gasteiger charge is 2.07. The van der Waals surface area contributed by atoms with E-state index >= 15 is 0 Å². The molecule has 0 saturated heterocycles. The van der Waals surface area contributed by atoms with Gasteiger partial charge in [0.1, 0.15) is 6.61 Å². The predicted molar refractivity (Wildman–Crippen MR) is 79.7 cm³/mol. The molecular formula is C17H26O2. The molecule has 0 heterocycles. The van der Waals surface area contributed by atoms with Crippen molar-refractivity contribution in [2.24, 2.45) is 0 Å². The monoisotopic (exact) mass is 262 g/mol. The molecule has 0 aromatic heterocycles. The van der Waals surface area contributed by atoms with Crippen LogP contribution in [0.25, 0.3) is 0 Å². The lowest BCUT2D eigenvalue weighted by Crippen LogP contribution is -2.11. The second-order valence-corrected chi connectivity index (χ2v) is 5.06. The molecule has 19 heavy (non-hydrogen) atoms. The molecule has 0 N–H and O–H groups in total. The van der Waals surface area contributed by atoms with Gasteiger partial charge in [0.2, 0.25) is 0 Å². The van der Waals surface area contributed by atoms with E-state index < -0.39 is 0 Å². The van der Waals surface area contributed by atoms with Crippen LogP contribution >= 0.6 is 0 Å². The average Bonchev–Trinajstić information content (AvgIpc) is 2.42. The smallest absolute Gasteiger partial charge is 0.188 e. The van der Waals surface area contributed by atoms with Crippen LogP contribution in [0, 0.1) is 6.92 Å². The van der Waals surface area contributed by atoms with Crippen molar-refractivity contribution in [3.63, 3.8) is 0 Å². The van der Waals surface area contributed by atoms with Crippen molar-refractivity contribution in [1.29, 1.82) is 0 Å². The molecule has 0 spiro atoms. The molecule has 0 unspecified atom stereocenters. The summed E-state index contributed by atoms with van der Waals surface area (Å²) in [5.74, 6) is 0.0871. The van der Waals surface area contributed by atoms with E-state index in [-0.39, 0.29) is 12.4 Å². The van der Waals surface area contributed by atoms with Crippen molar-refractivity contribution in [3.8, 4) is 0 Å². The number of carbonyl (C=O) groups is 1. The van der Waals surface area contributed by atoms with E-state index in [2.05, 4.69) is 6.92 Å². The summed E-state index contributed by atoms with van der Waals surface area (Å²) >= 11 is 0. The number of rotatable bonds is 10. The number of hydrogen-bond donors (Lipinski definition) is 0. The molecule has 0 bridgehead atoms. The minimum atomic E-state index is 0.0871. The van der Waals surface area contributed by atoms with Gasteiger partial charge in [-0.15, -0.1) is 0 Å². The first-order valence-electron chi connectivity index (χ1n) is 7.42. The molecule has 1 rings (SSSR count). The molecule has 0 atom stereocenters. The van der Waals surface area contributed by atoms with Crippen LogP contribution in [0.4, 0.5) is 0 Å². The number of benzene rings is 1. The molecule has 0 saturated carbocycles. The predicted octanol–water partition coefficient (Wildman–Crippen LogP) is 4.55. The van der Waals surface area contributed by atoms with Gasteiger partial charge in [-0.2, -0.15) is 0 Å². The summed E-state index contributed by atoms with van der Waals surface area (Å²) in [7, 11) is 0. The summed E-state index contributed by atoms with van der Waals surface area (Å²) in [5, 5.41) is 0. The Kier molecular flexibility index (Phi) is 8.15. The van der Waals surface area contributed by atoms with E-state index in [0.29, 0.717) is 6.61 Å². The zero-order valence-electron chi connectivity index (χ0n) is 12.3. The Morgan fingerprint density at radius 1 is 1.05 bits per heavy atom. The summed E-state index contributed by atoms with van der Waals surface area (Å²) < 4.78 is 5.46. The van der Waals surface area contributed by atoms with E-state index in [9.17, 15) is 4.79 Å². The summed E-state index contributed by atoms with van der Waals surface area (Å²) in [4.78, 5) is 11.9. The van der Waals surface area contributed by atoms with Gasteiger partial charge in [-0.05, 0) is 18.9 Å². The van der Waals surface area contributed by atoms with Crippen LogP contribution in [0.1, 0.15) is 61.4 Å². The van der Waals surface area contributed by atoms with E-state index in [1.807, 2.05) is 31.2 Å². The van der Waals surface area contributed by atoms with Crippen molar-refractivity contribution >= 4 is 5.78 Å². The maximum Gasteiger partial charge on any atom is 0.188 e. The zero-order valence-corrected chi connectivity index (χ0v) is 12.3. The molecule has 2 heteroatoms. The van der Waals surface area contributed by atoms with Crippen LogP contribution in [0.2, 0.25) is 0 Å². The molecule has 0 fully saturated rings. The van der Waals surface area contributed by atoms with Crippen LogP contribution in [-0.2, 0) is 4.74 Å². The number of ketones is 1. The Hall–Kier alpha value is -1.15. The quantitative estimate of drug-likeness (QED) is 0.456. The summed E-state index contributed by atoms with van der Waals surface area (Å²) in [5.41, 5.74) is 1.81. The third-order valence-corrected chi connectivity index (χ3v) is 3.32. The highest BCUT2D eigenvalue weighted by atomic mass is 16.5. The minimum Gasteiger partial charge on any atom is -0.373 e. The van der Waals surface area contributed by atoms with Gasteiger partial charge < -0.3 is 4.74 Å². The van der Waals surface area contributed by atoms with Crippen molar-refractivity contribution in [2.45, 2.75) is 52.4 Å². The summed E-state index contributed by atoms with van der Waals surface area (Å²) in [6.45, 7) is 5.09. The maximum atomic E-state index is 11.9. The fourth-order valence-electron chi connectivity index (χ4n) is 2.11. The molecule has 0 radical (unpaired) electrons. The topological polar surface area (TPSA) is 26.3 Å². The van der Waals surface area contributed by atoms with Crippen LogP contribution in [0.3, 0.4) is 0 Å². The Labute approximate surface area is 117 Å². The van der Waals surface area contributed by atoms with Gasteiger partial charge in [-0.1, -0.05) is 63.3 Å². The minimum absolute atomic E-state index is 0.0871. The lowest BCUT2D eigenvalue weighted by atomic mass is 10.1. The molecule has 2 nitrogen and oxygen atoms in total. The molecule has 1 aromatic carbocycles. The van der Waals surface area contributed by atoms with Crippen molar-refractivity contribution in [2.75, 3.05) is 13.2 Å². The third kappa shape index (κ3) is 6.53. The standard InChI is InChI=1S/C17H26O2/c1-3-4-5-6-7-10-13-19-14-17(18)16-12-9-8-11-15(16)2/h8-9,11-12H,3-7,10,13-14H2,1-2H3. The third-order valence-electron chi connectivity index (χ3n) is 3.32. The first-order chi connectivity index (χ1) is 9.25. The first kappa shape index (κ1) is 15.9. The lowest BCUT2D eigenvalue weighted by Gasteiger charge is -2.06. The van der Waals surface area contributed by atoms with E-state index in [1.165, 1.54) is 32.1 Å². The van der Waals surface area contributed by atoms with Gasteiger partial charge in [0, 0.05) is 12.2 Å². The van der Waals surface area contributed by atoms with Gasteiger partial charge in [0.15, 0.2) is 5.78 Å². The van der Waals surface area contributed by atoms with Crippen LogP contribution in [0.5, 0.6) is 0 Å². The van der Waals surface area contributed by atoms with Gasteiger partial charge in [0.05, 0.1) is 0 Å². The highest BCUT2D eigenvalue weighted by molar-refractivity contribution is 5.98. The van der Waals surface area contributed by atoms with Crippen molar-refractivity contribution in [3.05, 3.63) is 35.4 Å². The highest BCUT2D eigenvalue weighted by Crippen LogP contribution is 2.08. The van der Waals surface area contributed by atoms with Crippen molar-refractivity contribution in [1.82, 2.24) is 0 Å². The molecule has 0 aliphatic rings. The van der Waals surface area contributed by atoms with E-state index in [0.717, 1.165) is 17.5 Å². The van der Waals surface area contributed by atoms with Crippen LogP contribution in [-0.4, -0.2) is 19.0 Å². The first-order valence-corrected chi connectivity index (χ1v) is 7.42. The second kappa shape index (κ2) is 9.74. The number of Topliss-reactive ketones (excluding diaryl/α,β-unsaturated/α-hetero) is 1. The molecule has 0 aliphatic heterocycles. The second-order valence-electron chi connectivity index (χ2n) is 5.06. The van der Waals surface area contributed by atoms with E-state index in [1.54, 1.807) is 0 Å². The lowest BCUT2D eigenvalue weighted by molar-refractivity contribution is 0.0751. The number of hydrogen-bond acceptors (Lipinski definition) is 2. The molecule has 1 aromatic rings. The molecule has 106 valence electrons. The zero-order chi connectivity index (χ0) is 13.9. The van der Waals surface area contributed by atoms with Gasteiger partial charge >= 0.3 is 0 Å².